The van der Waals surface area contributed by atoms with Crippen molar-refractivity contribution in [3.63, 3.8) is 0 Å². The van der Waals surface area contributed by atoms with Crippen LogP contribution in [-0.4, -0.2) is 17.6 Å². The lowest BCUT2D eigenvalue weighted by molar-refractivity contribution is 0.0916. The van der Waals surface area contributed by atoms with Crippen molar-refractivity contribution in [1.82, 2.24) is 5.32 Å². The molecular weight excluding hydrogens is 294 g/mol. The number of hydrogen-bond donors (Lipinski definition) is 2. The van der Waals surface area contributed by atoms with Crippen LogP contribution in [0.5, 0.6) is 0 Å². The molecule has 23 heavy (non-hydrogen) atoms. The van der Waals surface area contributed by atoms with Crippen LogP contribution in [0.2, 0.25) is 0 Å². The molecule has 1 amide bonds. The smallest absolute Gasteiger partial charge is 0.287 e. The van der Waals surface area contributed by atoms with Gasteiger partial charge in [0.15, 0.2) is 11.2 Å². The SMILES string of the molecule is O=C(NCC1CCCCC1)c1cc(=O)c2cccc(CO)c2o1. The third-order valence-electron chi connectivity index (χ3n) is 4.51. The van der Waals surface area contributed by atoms with Gasteiger partial charge < -0.3 is 14.8 Å². The van der Waals surface area contributed by atoms with E-state index in [4.69, 9.17) is 4.42 Å². The fraction of sp³-hybridized carbons (Fsp3) is 0.444. The van der Waals surface area contributed by atoms with Crippen molar-refractivity contribution in [3.8, 4) is 0 Å². The van der Waals surface area contributed by atoms with E-state index < -0.39 is 0 Å². The normalized spacial score (nSPS) is 15.7. The molecule has 1 aliphatic rings. The lowest BCUT2D eigenvalue weighted by atomic mass is 9.89. The molecule has 1 aliphatic carbocycles. The Morgan fingerprint density at radius 3 is 2.78 bits per heavy atom. The minimum atomic E-state index is -0.373. The Morgan fingerprint density at radius 1 is 1.26 bits per heavy atom. The van der Waals surface area contributed by atoms with Crippen LogP contribution in [0, 0.1) is 5.92 Å². The van der Waals surface area contributed by atoms with Gasteiger partial charge in [-0.1, -0.05) is 31.4 Å². The number of fused-ring (bicyclic) bond motifs is 1. The highest BCUT2D eigenvalue weighted by atomic mass is 16.3. The first kappa shape index (κ1) is 15.7. The fourth-order valence-corrected chi connectivity index (χ4v) is 3.19. The summed E-state index contributed by atoms with van der Waals surface area (Å²) in [6.07, 6.45) is 5.97. The quantitative estimate of drug-likeness (QED) is 0.909. The lowest BCUT2D eigenvalue weighted by Crippen LogP contribution is -2.30. The standard InChI is InChI=1S/C18H21NO4/c20-11-13-7-4-8-14-15(21)9-16(23-17(13)14)18(22)19-10-12-5-2-1-3-6-12/h4,7-9,12,20H,1-3,5-6,10-11H2,(H,19,22). The van der Waals surface area contributed by atoms with Crippen molar-refractivity contribution in [2.45, 2.75) is 38.7 Å². The molecule has 122 valence electrons. The van der Waals surface area contributed by atoms with E-state index in [1.165, 1.54) is 25.3 Å². The van der Waals surface area contributed by atoms with Gasteiger partial charge >= 0.3 is 0 Å². The molecule has 5 heteroatoms. The highest BCUT2D eigenvalue weighted by Gasteiger charge is 2.17. The highest BCUT2D eigenvalue weighted by molar-refractivity contribution is 5.93. The predicted molar refractivity (Wildman–Crippen MR) is 87.3 cm³/mol. The summed E-state index contributed by atoms with van der Waals surface area (Å²) in [6, 6.07) is 6.21. The van der Waals surface area contributed by atoms with E-state index in [2.05, 4.69) is 5.32 Å². The van der Waals surface area contributed by atoms with Gasteiger partial charge in [0, 0.05) is 18.2 Å². The molecular formula is C18H21NO4. The average molecular weight is 315 g/mol. The molecule has 1 aromatic carbocycles. The summed E-state index contributed by atoms with van der Waals surface area (Å²) in [6.45, 7) is 0.371. The molecule has 2 aromatic rings. The average Bonchev–Trinajstić information content (AvgIpc) is 2.60. The Kier molecular flexibility index (Phi) is 4.76. The van der Waals surface area contributed by atoms with E-state index >= 15 is 0 Å². The van der Waals surface area contributed by atoms with Crippen LogP contribution >= 0.6 is 0 Å². The maximum Gasteiger partial charge on any atom is 0.287 e. The Labute approximate surface area is 134 Å². The maximum atomic E-state index is 12.3. The summed E-state index contributed by atoms with van der Waals surface area (Å²) in [7, 11) is 0. The van der Waals surface area contributed by atoms with Crippen LogP contribution in [-0.2, 0) is 6.61 Å². The summed E-state index contributed by atoms with van der Waals surface area (Å²) >= 11 is 0. The number of para-hydroxylation sites is 1. The number of rotatable bonds is 4. The molecule has 0 unspecified atom stereocenters. The molecule has 0 bridgehead atoms. The second-order valence-corrected chi connectivity index (χ2v) is 6.14. The predicted octanol–water partition coefficient (Wildman–Crippen LogP) is 2.60. The maximum absolute atomic E-state index is 12.3. The van der Waals surface area contributed by atoms with Gasteiger partial charge in [-0.3, -0.25) is 9.59 Å². The van der Waals surface area contributed by atoms with Gasteiger partial charge in [-0.2, -0.15) is 0 Å². The number of aliphatic hydroxyl groups excluding tert-OH is 1. The fourth-order valence-electron chi connectivity index (χ4n) is 3.19. The number of aliphatic hydroxyl groups is 1. The number of nitrogens with one attached hydrogen (secondary N) is 1. The van der Waals surface area contributed by atoms with E-state index in [1.54, 1.807) is 18.2 Å². The summed E-state index contributed by atoms with van der Waals surface area (Å²) < 4.78 is 5.59. The van der Waals surface area contributed by atoms with Gasteiger partial charge in [-0.15, -0.1) is 0 Å². The largest absolute Gasteiger partial charge is 0.450 e. The zero-order chi connectivity index (χ0) is 16.2. The summed E-state index contributed by atoms with van der Waals surface area (Å²) in [5.41, 5.74) is 0.510. The minimum absolute atomic E-state index is 0.000732. The van der Waals surface area contributed by atoms with Crippen molar-refractivity contribution in [3.05, 3.63) is 45.8 Å². The summed E-state index contributed by atoms with van der Waals surface area (Å²) in [5, 5.41) is 12.6. The number of benzene rings is 1. The first-order valence-corrected chi connectivity index (χ1v) is 8.14. The van der Waals surface area contributed by atoms with E-state index in [1.807, 2.05) is 0 Å². The van der Waals surface area contributed by atoms with Crippen molar-refractivity contribution >= 4 is 16.9 Å². The van der Waals surface area contributed by atoms with Crippen molar-refractivity contribution in [2.75, 3.05) is 6.54 Å². The van der Waals surface area contributed by atoms with Gasteiger partial charge in [-0.25, -0.2) is 0 Å². The Hall–Kier alpha value is -2.14. The third kappa shape index (κ3) is 3.45. The molecule has 2 N–H and O–H groups in total. The molecule has 0 spiro atoms. The number of carbonyl (C=O) groups is 1. The summed E-state index contributed by atoms with van der Waals surface area (Å²) in [4.78, 5) is 24.4. The molecule has 0 aliphatic heterocycles. The van der Waals surface area contributed by atoms with Crippen LogP contribution in [0.25, 0.3) is 11.0 Å². The van der Waals surface area contributed by atoms with Crippen LogP contribution in [0.1, 0.15) is 48.2 Å². The molecule has 0 saturated heterocycles. The number of hydrogen-bond acceptors (Lipinski definition) is 4. The molecule has 5 nitrogen and oxygen atoms in total. The van der Waals surface area contributed by atoms with Gasteiger partial charge in [0.1, 0.15) is 5.58 Å². The van der Waals surface area contributed by atoms with Crippen molar-refractivity contribution in [2.24, 2.45) is 5.92 Å². The van der Waals surface area contributed by atoms with Gasteiger partial charge in [0.25, 0.3) is 5.91 Å². The van der Waals surface area contributed by atoms with Crippen molar-refractivity contribution in [1.29, 1.82) is 0 Å². The molecule has 1 heterocycles. The first-order chi connectivity index (χ1) is 11.2. The highest BCUT2D eigenvalue weighted by Crippen LogP contribution is 2.23. The van der Waals surface area contributed by atoms with Crippen LogP contribution in [0.4, 0.5) is 0 Å². The molecule has 1 aromatic heterocycles. The van der Waals surface area contributed by atoms with E-state index in [0.29, 0.717) is 23.4 Å². The minimum Gasteiger partial charge on any atom is -0.450 e. The Bertz CT molecular complexity index is 759. The second kappa shape index (κ2) is 6.96. The number of amides is 1. The molecule has 3 rings (SSSR count). The van der Waals surface area contributed by atoms with Crippen LogP contribution in [0.15, 0.2) is 33.5 Å². The Balaban J connectivity index is 1.81. The molecule has 0 radical (unpaired) electrons. The monoisotopic (exact) mass is 315 g/mol. The molecule has 0 atom stereocenters. The van der Waals surface area contributed by atoms with E-state index in [9.17, 15) is 14.7 Å². The first-order valence-electron chi connectivity index (χ1n) is 8.14. The molecule has 1 saturated carbocycles. The van der Waals surface area contributed by atoms with Gasteiger partial charge in [0.2, 0.25) is 0 Å². The van der Waals surface area contributed by atoms with E-state index in [-0.39, 0.29) is 29.3 Å². The summed E-state index contributed by atoms with van der Waals surface area (Å²) in [5.74, 6) is 0.134. The zero-order valence-electron chi connectivity index (χ0n) is 13.0. The number of carbonyl (C=O) groups excluding carboxylic acids is 1. The van der Waals surface area contributed by atoms with Crippen molar-refractivity contribution < 1.29 is 14.3 Å². The molecule has 1 fully saturated rings. The van der Waals surface area contributed by atoms with Crippen LogP contribution < -0.4 is 10.7 Å². The zero-order valence-corrected chi connectivity index (χ0v) is 13.0. The second-order valence-electron chi connectivity index (χ2n) is 6.14. The Morgan fingerprint density at radius 2 is 2.04 bits per heavy atom. The van der Waals surface area contributed by atoms with E-state index in [0.717, 1.165) is 12.8 Å². The third-order valence-corrected chi connectivity index (χ3v) is 4.51. The lowest BCUT2D eigenvalue weighted by Gasteiger charge is -2.21. The van der Waals surface area contributed by atoms with Crippen LogP contribution in [0.3, 0.4) is 0 Å². The topological polar surface area (TPSA) is 79.5 Å². The van der Waals surface area contributed by atoms with Gasteiger partial charge in [0.05, 0.1) is 12.0 Å². The van der Waals surface area contributed by atoms with Gasteiger partial charge in [-0.05, 0) is 24.8 Å².